The Labute approximate surface area is 106 Å². The largest absolute Gasteiger partial charge is 1.00 e. The van der Waals surface area contributed by atoms with Crippen LogP contribution in [-0.2, 0) is 6.54 Å². The van der Waals surface area contributed by atoms with Crippen molar-refractivity contribution in [3.63, 3.8) is 0 Å². The Morgan fingerprint density at radius 1 is 1.50 bits per heavy atom. The molecule has 0 atom stereocenters. The van der Waals surface area contributed by atoms with Crippen LogP contribution >= 0.6 is 0 Å². The minimum absolute atomic E-state index is 0. The van der Waals surface area contributed by atoms with Crippen LogP contribution in [0.2, 0.25) is 0 Å². The second-order valence-electron chi connectivity index (χ2n) is 2.04. The van der Waals surface area contributed by atoms with E-state index >= 15 is 0 Å². The van der Waals surface area contributed by atoms with Crippen molar-refractivity contribution in [3.8, 4) is 0 Å². The van der Waals surface area contributed by atoms with Gasteiger partial charge in [0.2, 0.25) is 0 Å². The van der Waals surface area contributed by atoms with Crippen molar-refractivity contribution in [2.75, 3.05) is 0 Å². The maximum absolute atomic E-state index is 10.2. The minimum Gasteiger partial charge on any atom is -0.543 e. The number of nitrogens with zero attached hydrogens (tertiary/aromatic N) is 1. The summed E-state index contributed by atoms with van der Waals surface area (Å²) >= 11 is 0. The fourth-order valence-electron chi connectivity index (χ4n) is 0.666. The summed E-state index contributed by atoms with van der Waals surface area (Å²) < 4.78 is 0. The maximum Gasteiger partial charge on any atom is 1.00 e. The molecule has 72 valence electrons. The second kappa shape index (κ2) is 9.15. The summed E-state index contributed by atoms with van der Waals surface area (Å²) in [5, 5.41) is 10.2. The molecule has 1 heterocycles. The van der Waals surface area contributed by atoms with E-state index in [2.05, 4.69) is 4.98 Å². The van der Waals surface area contributed by atoms with Gasteiger partial charge in [-0.05, 0) is 11.6 Å². The summed E-state index contributed by atoms with van der Waals surface area (Å²) in [6.07, 6.45) is 1.42. The number of hydrogen-bond donors (Lipinski definition) is 1. The van der Waals surface area contributed by atoms with Crippen LogP contribution in [0.25, 0.3) is 0 Å². The molecule has 1 rings (SSSR count). The Hall–Kier alpha value is -0.420. The van der Waals surface area contributed by atoms with E-state index in [1.165, 1.54) is 12.3 Å². The molecule has 1 aromatic heterocycles. The van der Waals surface area contributed by atoms with Gasteiger partial charge in [-0.3, -0.25) is 4.98 Å². The monoisotopic (exact) mass is 204 g/mol. The van der Waals surface area contributed by atoms with Crippen molar-refractivity contribution in [2.24, 2.45) is 5.73 Å². The van der Waals surface area contributed by atoms with E-state index < -0.39 is 5.97 Å². The molecular formula is C9H13N2NaO2. The molecule has 0 fully saturated rings. The summed E-state index contributed by atoms with van der Waals surface area (Å²) in [5.74, 6) is -1.27. The Morgan fingerprint density at radius 3 is 2.36 bits per heavy atom. The first kappa shape index (κ1) is 16.0. The number of aromatic carboxylic acids is 1. The molecule has 5 heteroatoms. The second-order valence-corrected chi connectivity index (χ2v) is 2.04. The van der Waals surface area contributed by atoms with Gasteiger partial charge in [0.15, 0.2) is 0 Å². The zero-order valence-electron chi connectivity index (χ0n) is 8.78. The SMILES string of the molecule is CC.NCc1ccc(C(=O)[O-])nc1.[Na+]. The van der Waals surface area contributed by atoms with Crippen LogP contribution in [0.15, 0.2) is 18.3 Å². The maximum atomic E-state index is 10.2. The number of carbonyl (C=O) groups excluding carboxylic acids is 1. The number of rotatable bonds is 2. The Kier molecular flexibility index (Phi) is 10.5. The van der Waals surface area contributed by atoms with Crippen molar-refractivity contribution in [1.29, 1.82) is 0 Å². The van der Waals surface area contributed by atoms with Crippen LogP contribution in [0, 0.1) is 0 Å². The first-order valence-electron chi connectivity index (χ1n) is 4.10. The van der Waals surface area contributed by atoms with E-state index in [1.807, 2.05) is 13.8 Å². The molecule has 0 radical (unpaired) electrons. The van der Waals surface area contributed by atoms with Crippen molar-refractivity contribution in [3.05, 3.63) is 29.6 Å². The Balaban J connectivity index is 0. The summed E-state index contributed by atoms with van der Waals surface area (Å²) in [5.41, 5.74) is 6.01. The smallest absolute Gasteiger partial charge is 0.543 e. The number of carboxylic acids is 1. The van der Waals surface area contributed by atoms with E-state index in [9.17, 15) is 9.90 Å². The van der Waals surface area contributed by atoms with Crippen molar-refractivity contribution in [1.82, 2.24) is 4.98 Å². The molecule has 0 spiro atoms. The van der Waals surface area contributed by atoms with Crippen LogP contribution in [0.1, 0.15) is 29.9 Å². The number of pyridine rings is 1. The van der Waals surface area contributed by atoms with Crippen LogP contribution in [-0.4, -0.2) is 11.0 Å². The van der Waals surface area contributed by atoms with Gasteiger partial charge in [-0.25, -0.2) is 0 Å². The number of nitrogens with two attached hydrogens (primary N) is 1. The van der Waals surface area contributed by atoms with Gasteiger partial charge in [-0.15, -0.1) is 0 Å². The van der Waals surface area contributed by atoms with Gasteiger partial charge in [-0.1, -0.05) is 19.9 Å². The van der Waals surface area contributed by atoms with Crippen molar-refractivity contribution in [2.45, 2.75) is 20.4 Å². The van der Waals surface area contributed by atoms with Gasteiger partial charge < -0.3 is 15.6 Å². The number of carboxylic acid groups (broad SMARTS) is 1. The normalized spacial score (nSPS) is 7.93. The van der Waals surface area contributed by atoms with E-state index in [4.69, 9.17) is 5.73 Å². The zero-order chi connectivity index (χ0) is 10.3. The van der Waals surface area contributed by atoms with Crippen LogP contribution in [0.4, 0.5) is 0 Å². The Bertz CT molecular complexity index is 262. The quantitative estimate of drug-likeness (QED) is 0.519. The van der Waals surface area contributed by atoms with Crippen LogP contribution in [0.3, 0.4) is 0 Å². The average Bonchev–Trinajstić information content (AvgIpc) is 2.21. The first-order valence-corrected chi connectivity index (χ1v) is 4.10. The predicted octanol–water partition coefficient (Wildman–Crippen LogP) is -3.07. The molecule has 0 amide bonds. The summed E-state index contributed by atoms with van der Waals surface area (Å²) in [7, 11) is 0. The fraction of sp³-hybridized carbons (Fsp3) is 0.333. The van der Waals surface area contributed by atoms with Crippen LogP contribution < -0.4 is 40.4 Å². The van der Waals surface area contributed by atoms with Gasteiger partial charge in [0.25, 0.3) is 0 Å². The van der Waals surface area contributed by atoms with Gasteiger partial charge in [0.1, 0.15) is 0 Å². The molecule has 0 saturated carbocycles. The third kappa shape index (κ3) is 5.34. The molecule has 0 unspecified atom stereocenters. The zero-order valence-corrected chi connectivity index (χ0v) is 10.8. The summed E-state index contributed by atoms with van der Waals surface area (Å²) in [4.78, 5) is 13.8. The third-order valence-electron chi connectivity index (χ3n) is 1.27. The minimum atomic E-state index is -1.27. The van der Waals surface area contributed by atoms with Gasteiger partial charge in [0.05, 0.1) is 11.7 Å². The molecule has 0 saturated heterocycles. The van der Waals surface area contributed by atoms with Crippen LogP contribution in [0.5, 0.6) is 0 Å². The molecule has 1 aromatic rings. The molecule has 2 N–H and O–H groups in total. The van der Waals surface area contributed by atoms with E-state index in [1.54, 1.807) is 6.07 Å². The summed E-state index contributed by atoms with van der Waals surface area (Å²) in [6.45, 7) is 4.36. The Morgan fingerprint density at radius 2 is 2.07 bits per heavy atom. The number of hydrogen-bond acceptors (Lipinski definition) is 4. The van der Waals surface area contributed by atoms with E-state index in [0.29, 0.717) is 6.54 Å². The molecule has 0 aliphatic heterocycles. The number of aromatic nitrogens is 1. The first-order chi connectivity index (χ1) is 6.24. The molecule has 14 heavy (non-hydrogen) atoms. The van der Waals surface area contributed by atoms with E-state index in [-0.39, 0.29) is 35.3 Å². The molecule has 0 aliphatic rings. The fourth-order valence-corrected chi connectivity index (χ4v) is 0.666. The average molecular weight is 204 g/mol. The molecule has 0 bridgehead atoms. The molecule has 4 nitrogen and oxygen atoms in total. The van der Waals surface area contributed by atoms with Gasteiger partial charge >= 0.3 is 29.6 Å². The van der Waals surface area contributed by atoms with Crippen molar-refractivity contribution < 1.29 is 39.5 Å². The van der Waals surface area contributed by atoms with Gasteiger partial charge in [-0.2, -0.15) is 0 Å². The van der Waals surface area contributed by atoms with Gasteiger partial charge in [0, 0.05) is 12.7 Å². The number of carbonyl (C=O) groups is 1. The molecule has 0 aromatic carbocycles. The summed E-state index contributed by atoms with van der Waals surface area (Å²) in [6, 6.07) is 2.98. The molecular weight excluding hydrogens is 191 g/mol. The van der Waals surface area contributed by atoms with Crippen molar-refractivity contribution >= 4 is 5.97 Å². The van der Waals surface area contributed by atoms with E-state index in [0.717, 1.165) is 5.56 Å². The third-order valence-corrected chi connectivity index (χ3v) is 1.27. The standard InChI is InChI=1S/C7H8N2O2.C2H6.Na/c8-3-5-1-2-6(7(10)11)9-4-5;1-2;/h1-2,4H,3,8H2,(H,10,11);1-2H3;/q;;+1/p-1. The predicted molar refractivity (Wildman–Crippen MR) is 47.8 cm³/mol. The molecule has 0 aliphatic carbocycles. The topological polar surface area (TPSA) is 79.0 Å².